The lowest BCUT2D eigenvalue weighted by Crippen LogP contribution is -2.07. The Labute approximate surface area is 400 Å². The Morgan fingerprint density at radius 2 is 0.829 bits per heavy atom. The first-order valence-corrected chi connectivity index (χ1v) is 23.6. The second-order valence-electron chi connectivity index (χ2n) is 18.0. The standard InChI is InChI=1S/C63H38N6O/c1-3-17-39(18-4-1)41-21-15-22-42(37-41)68-55-36-33-43(67-52-28-11-7-23-44(52)45-24-8-12-29-53(45)67)38-51(55)48-35-34-47-46-25-9-13-30-54(46)69(60(47)59(48)68)63-65-61(40-19-5-2-6-20-40)64-62(66-63)50-27-16-32-57-58(50)49-26-10-14-31-56(49)70-57/h1-38H. The van der Waals surface area contributed by atoms with Crippen LogP contribution in [-0.2, 0) is 0 Å². The van der Waals surface area contributed by atoms with Gasteiger partial charge in [-0.1, -0.05) is 170 Å². The first kappa shape index (κ1) is 38.5. The van der Waals surface area contributed by atoms with Crippen LogP contribution in [0.3, 0.4) is 0 Å². The van der Waals surface area contributed by atoms with Crippen molar-refractivity contribution in [1.82, 2.24) is 28.7 Å². The van der Waals surface area contributed by atoms with Crippen LogP contribution in [0, 0.1) is 0 Å². The average Bonchev–Trinajstić information content (AvgIpc) is 4.18. The Kier molecular flexibility index (Phi) is 8.23. The van der Waals surface area contributed by atoms with Crippen LogP contribution in [0.1, 0.15) is 0 Å². The van der Waals surface area contributed by atoms with Gasteiger partial charge in [0.25, 0.3) is 0 Å². The minimum atomic E-state index is 0.521. The molecule has 0 atom stereocenters. The fraction of sp³-hybridized carbons (Fsp3) is 0. The molecule has 0 aliphatic heterocycles. The number of para-hydroxylation sites is 4. The van der Waals surface area contributed by atoms with Gasteiger partial charge in [0.15, 0.2) is 11.6 Å². The van der Waals surface area contributed by atoms with Gasteiger partial charge >= 0.3 is 0 Å². The fourth-order valence-corrected chi connectivity index (χ4v) is 11.1. The van der Waals surface area contributed by atoms with E-state index in [1.807, 2.05) is 48.5 Å². The minimum absolute atomic E-state index is 0.521. The molecule has 0 amide bonds. The second kappa shape index (κ2) is 15.0. The zero-order valence-electron chi connectivity index (χ0n) is 37.5. The third-order valence-electron chi connectivity index (χ3n) is 14.1. The van der Waals surface area contributed by atoms with Gasteiger partial charge in [-0.05, 0) is 71.8 Å². The Balaban J connectivity index is 1.08. The molecule has 7 nitrogen and oxygen atoms in total. The van der Waals surface area contributed by atoms with Crippen LogP contribution >= 0.6 is 0 Å². The molecular formula is C63H38N6O. The van der Waals surface area contributed by atoms with Crippen LogP contribution < -0.4 is 0 Å². The summed E-state index contributed by atoms with van der Waals surface area (Å²) in [6.07, 6.45) is 0. The van der Waals surface area contributed by atoms with Crippen molar-refractivity contribution >= 4 is 87.4 Å². The normalized spacial score (nSPS) is 12.0. The smallest absolute Gasteiger partial charge is 0.238 e. The zero-order chi connectivity index (χ0) is 45.9. The molecule has 0 aliphatic carbocycles. The lowest BCUT2D eigenvalue weighted by Gasteiger charge is -2.14. The predicted octanol–water partition coefficient (Wildman–Crippen LogP) is 16.1. The highest BCUT2D eigenvalue weighted by molar-refractivity contribution is 6.24. The van der Waals surface area contributed by atoms with E-state index in [9.17, 15) is 0 Å². The third-order valence-corrected chi connectivity index (χ3v) is 14.1. The molecule has 0 bridgehead atoms. The van der Waals surface area contributed by atoms with E-state index in [2.05, 4.69) is 196 Å². The molecule has 0 unspecified atom stereocenters. The van der Waals surface area contributed by atoms with Crippen LogP contribution in [0.5, 0.6) is 0 Å². The van der Waals surface area contributed by atoms with E-state index >= 15 is 0 Å². The number of aromatic nitrogens is 6. The van der Waals surface area contributed by atoms with Crippen molar-refractivity contribution in [2.75, 3.05) is 0 Å². The van der Waals surface area contributed by atoms with E-state index in [-0.39, 0.29) is 0 Å². The minimum Gasteiger partial charge on any atom is -0.456 e. The summed E-state index contributed by atoms with van der Waals surface area (Å²) in [6.45, 7) is 0. The van der Waals surface area contributed by atoms with Gasteiger partial charge in [-0.3, -0.25) is 4.57 Å². The van der Waals surface area contributed by atoms with Gasteiger partial charge in [-0.25, -0.2) is 4.98 Å². The van der Waals surface area contributed by atoms with Crippen molar-refractivity contribution in [2.24, 2.45) is 0 Å². The van der Waals surface area contributed by atoms with Crippen LogP contribution in [0.2, 0.25) is 0 Å². The van der Waals surface area contributed by atoms with Crippen molar-refractivity contribution in [3.8, 4) is 51.2 Å². The van der Waals surface area contributed by atoms with Crippen molar-refractivity contribution in [3.63, 3.8) is 0 Å². The number of fused-ring (bicyclic) bond motifs is 13. The molecule has 0 fully saturated rings. The summed E-state index contributed by atoms with van der Waals surface area (Å²) in [6, 6.07) is 81.6. The molecule has 326 valence electrons. The van der Waals surface area contributed by atoms with E-state index in [0.29, 0.717) is 17.6 Å². The Hall–Kier alpha value is -9.59. The van der Waals surface area contributed by atoms with Gasteiger partial charge in [-0.15, -0.1) is 0 Å². The van der Waals surface area contributed by atoms with E-state index < -0.39 is 0 Å². The van der Waals surface area contributed by atoms with E-state index in [1.54, 1.807) is 0 Å². The topological polar surface area (TPSA) is 66.6 Å². The molecule has 5 aromatic heterocycles. The molecule has 0 aliphatic rings. The zero-order valence-corrected chi connectivity index (χ0v) is 37.5. The van der Waals surface area contributed by atoms with Gasteiger partial charge < -0.3 is 13.6 Å². The summed E-state index contributed by atoms with van der Waals surface area (Å²) in [5.74, 6) is 1.66. The predicted molar refractivity (Wildman–Crippen MR) is 286 cm³/mol. The number of nitrogens with zero attached hydrogens (tertiary/aromatic N) is 6. The number of rotatable bonds is 6. The SMILES string of the molecule is c1ccc(-c2cccc(-n3c4ccc(-n5c6ccccc6c6ccccc65)cc4c4ccc5c6ccccc6n(-c6nc(-c7ccccc7)nc(-c7cccc8oc9ccccc9c78)n6)c5c43)c2)cc1. The highest BCUT2D eigenvalue weighted by Crippen LogP contribution is 2.44. The first-order chi connectivity index (χ1) is 34.7. The van der Waals surface area contributed by atoms with Crippen LogP contribution in [0.15, 0.2) is 235 Å². The number of furan rings is 1. The Morgan fingerprint density at radius 3 is 1.57 bits per heavy atom. The average molecular weight is 895 g/mol. The van der Waals surface area contributed by atoms with Crippen LogP contribution in [0.4, 0.5) is 0 Å². The number of benzene rings is 10. The quantitative estimate of drug-likeness (QED) is 0.167. The first-order valence-electron chi connectivity index (χ1n) is 23.6. The molecule has 0 saturated heterocycles. The molecule has 0 spiro atoms. The number of hydrogen-bond acceptors (Lipinski definition) is 4. The third kappa shape index (κ3) is 5.66. The molecule has 0 N–H and O–H groups in total. The van der Waals surface area contributed by atoms with Gasteiger partial charge in [0.2, 0.25) is 5.95 Å². The van der Waals surface area contributed by atoms with Gasteiger partial charge in [0.05, 0.1) is 33.1 Å². The lowest BCUT2D eigenvalue weighted by molar-refractivity contribution is 0.669. The molecule has 0 radical (unpaired) electrons. The summed E-state index contributed by atoms with van der Waals surface area (Å²) in [7, 11) is 0. The maximum atomic E-state index is 6.41. The van der Waals surface area contributed by atoms with Crippen molar-refractivity contribution in [3.05, 3.63) is 231 Å². The summed E-state index contributed by atoms with van der Waals surface area (Å²) < 4.78 is 13.5. The molecule has 0 saturated carbocycles. The monoisotopic (exact) mass is 894 g/mol. The molecule has 15 rings (SSSR count). The largest absolute Gasteiger partial charge is 0.456 e. The molecular weight excluding hydrogens is 857 g/mol. The van der Waals surface area contributed by atoms with Crippen molar-refractivity contribution in [2.45, 2.75) is 0 Å². The maximum absolute atomic E-state index is 6.41. The summed E-state index contributed by atoms with van der Waals surface area (Å²) >= 11 is 0. The molecule has 7 heteroatoms. The van der Waals surface area contributed by atoms with E-state index in [0.717, 1.165) is 99.2 Å². The van der Waals surface area contributed by atoms with E-state index in [4.69, 9.17) is 19.4 Å². The maximum Gasteiger partial charge on any atom is 0.238 e. The second-order valence-corrected chi connectivity index (χ2v) is 18.0. The van der Waals surface area contributed by atoms with Crippen LogP contribution in [0.25, 0.3) is 139 Å². The van der Waals surface area contributed by atoms with Gasteiger partial charge in [-0.2, -0.15) is 9.97 Å². The van der Waals surface area contributed by atoms with Gasteiger partial charge in [0, 0.05) is 65.6 Å². The molecule has 10 aromatic carbocycles. The van der Waals surface area contributed by atoms with Crippen LogP contribution in [-0.4, -0.2) is 28.7 Å². The molecule has 70 heavy (non-hydrogen) atoms. The summed E-state index contributed by atoms with van der Waals surface area (Å²) in [4.78, 5) is 16.2. The highest BCUT2D eigenvalue weighted by Gasteiger charge is 2.25. The van der Waals surface area contributed by atoms with Crippen molar-refractivity contribution in [1.29, 1.82) is 0 Å². The molecule has 15 aromatic rings. The number of hydrogen-bond donors (Lipinski definition) is 0. The van der Waals surface area contributed by atoms with E-state index in [1.165, 1.54) is 21.8 Å². The Morgan fingerprint density at radius 1 is 0.300 bits per heavy atom. The molecule has 5 heterocycles. The summed E-state index contributed by atoms with van der Waals surface area (Å²) in [5, 5.41) is 8.89. The van der Waals surface area contributed by atoms with Crippen molar-refractivity contribution < 1.29 is 4.42 Å². The summed E-state index contributed by atoms with van der Waals surface area (Å²) in [5.41, 5.74) is 14.3. The highest BCUT2D eigenvalue weighted by atomic mass is 16.3. The van der Waals surface area contributed by atoms with Gasteiger partial charge in [0.1, 0.15) is 11.2 Å². The lowest BCUT2D eigenvalue weighted by atomic mass is 10.1. The Bertz CT molecular complexity index is 4540. The fourth-order valence-electron chi connectivity index (χ4n) is 11.1.